The van der Waals surface area contributed by atoms with Crippen LogP contribution >= 0.6 is 0 Å². The highest BCUT2D eigenvalue weighted by molar-refractivity contribution is 4.98. The molecule has 3 unspecified atom stereocenters. The molecule has 1 saturated heterocycles. The average Bonchev–Trinajstić information content (AvgIpc) is 2.29. The summed E-state index contributed by atoms with van der Waals surface area (Å²) in [5, 5.41) is 3.61. The van der Waals surface area contributed by atoms with Crippen molar-refractivity contribution in [3.8, 4) is 0 Å². The molecule has 0 radical (unpaired) electrons. The minimum atomic E-state index is 0.158. The highest BCUT2D eigenvalue weighted by atomic mass is 16.5. The van der Waals surface area contributed by atoms with Gasteiger partial charge in [0.05, 0.1) is 11.7 Å². The average molecular weight is 225 g/mol. The number of ether oxygens (including phenoxy) is 1. The minimum Gasteiger partial charge on any atom is -0.369 e. The molecule has 0 aromatic carbocycles. The third kappa shape index (κ3) is 2.28. The first-order valence-corrected chi connectivity index (χ1v) is 7.06. The van der Waals surface area contributed by atoms with E-state index in [4.69, 9.17) is 4.74 Å². The number of hydrogen-bond donors (Lipinski definition) is 1. The lowest BCUT2D eigenvalue weighted by atomic mass is 9.69. The number of hydrogen-bond acceptors (Lipinski definition) is 2. The molecular formula is C14H27NO. The number of nitrogens with one attached hydrogen (secondary N) is 1. The lowest BCUT2D eigenvalue weighted by Crippen LogP contribution is -2.59. The Hall–Kier alpha value is -0.0800. The van der Waals surface area contributed by atoms with E-state index in [1.165, 1.54) is 25.7 Å². The van der Waals surface area contributed by atoms with Crippen molar-refractivity contribution in [2.45, 2.75) is 64.6 Å². The summed E-state index contributed by atoms with van der Waals surface area (Å²) in [7, 11) is 0. The normalized spacial score (nSPS) is 40.5. The second-order valence-electron chi connectivity index (χ2n) is 5.94. The van der Waals surface area contributed by atoms with Gasteiger partial charge in [-0.1, -0.05) is 33.6 Å². The zero-order chi connectivity index (χ0) is 11.6. The van der Waals surface area contributed by atoms with E-state index in [0.29, 0.717) is 6.10 Å². The Morgan fingerprint density at radius 1 is 1.38 bits per heavy atom. The Balaban J connectivity index is 2.12. The fraction of sp³-hybridized carbons (Fsp3) is 1.00. The van der Waals surface area contributed by atoms with Crippen molar-refractivity contribution in [3.05, 3.63) is 0 Å². The SMILES string of the molecule is CCC1CNCC2(CCCCC2C(C)C)O1. The highest BCUT2D eigenvalue weighted by Crippen LogP contribution is 2.42. The molecule has 2 fully saturated rings. The van der Waals surface area contributed by atoms with Crippen LogP contribution in [0.3, 0.4) is 0 Å². The third-order valence-corrected chi connectivity index (χ3v) is 4.50. The monoisotopic (exact) mass is 225 g/mol. The largest absolute Gasteiger partial charge is 0.369 e. The summed E-state index contributed by atoms with van der Waals surface area (Å²) in [6.45, 7) is 9.07. The summed E-state index contributed by atoms with van der Waals surface area (Å²) in [5.41, 5.74) is 0.158. The fourth-order valence-corrected chi connectivity index (χ4v) is 3.63. The van der Waals surface area contributed by atoms with Crippen LogP contribution < -0.4 is 5.32 Å². The van der Waals surface area contributed by atoms with Crippen molar-refractivity contribution in [2.24, 2.45) is 11.8 Å². The zero-order valence-electron chi connectivity index (χ0n) is 11.1. The summed E-state index contributed by atoms with van der Waals surface area (Å²) in [4.78, 5) is 0. The van der Waals surface area contributed by atoms with E-state index < -0.39 is 0 Å². The van der Waals surface area contributed by atoms with E-state index in [1.807, 2.05) is 0 Å². The third-order valence-electron chi connectivity index (χ3n) is 4.50. The minimum absolute atomic E-state index is 0.158. The molecule has 2 heteroatoms. The van der Waals surface area contributed by atoms with Crippen LogP contribution in [-0.2, 0) is 4.74 Å². The maximum absolute atomic E-state index is 6.48. The lowest BCUT2D eigenvalue weighted by Gasteiger charge is -2.50. The smallest absolute Gasteiger partial charge is 0.0841 e. The molecule has 2 nitrogen and oxygen atoms in total. The molecule has 1 heterocycles. The molecule has 1 N–H and O–H groups in total. The van der Waals surface area contributed by atoms with E-state index in [0.717, 1.165) is 31.3 Å². The van der Waals surface area contributed by atoms with E-state index in [9.17, 15) is 0 Å². The zero-order valence-corrected chi connectivity index (χ0v) is 11.1. The molecule has 1 spiro atoms. The van der Waals surface area contributed by atoms with Crippen LogP contribution in [0.25, 0.3) is 0 Å². The highest BCUT2D eigenvalue weighted by Gasteiger charge is 2.45. The van der Waals surface area contributed by atoms with Crippen LogP contribution in [0.4, 0.5) is 0 Å². The van der Waals surface area contributed by atoms with Crippen LogP contribution in [0.1, 0.15) is 52.9 Å². The van der Waals surface area contributed by atoms with Crippen LogP contribution in [0.2, 0.25) is 0 Å². The van der Waals surface area contributed by atoms with E-state index >= 15 is 0 Å². The standard InChI is InChI=1S/C14H27NO/c1-4-12-9-15-10-14(16-12)8-6-5-7-13(14)11(2)3/h11-13,15H,4-10H2,1-3H3. The first kappa shape index (κ1) is 12.4. The van der Waals surface area contributed by atoms with Gasteiger partial charge in [-0.05, 0) is 31.1 Å². The van der Waals surface area contributed by atoms with E-state index in [1.54, 1.807) is 0 Å². The molecule has 1 aliphatic heterocycles. The van der Waals surface area contributed by atoms with Crippen molar-refractivity contribution >= 4 is 0 Å². The summed E-state index contributed by atoms with van der Waals surface area (Å²) >= 11 is 0. The van der Waals surface area contributed by atoms with Gasteiger partial charge in [0, 0.05) is 13.1 Å². The van der Waals surface area contributed by atoms with Crippen LogP contribution in [0, 0.1) is 11.8 Å². The van der Waals surface area contributed by atoms with Gasteiger partial charge in [-0.15, -0.1) is 0 Å². The molecule has 94 valence electrons. The molecule has 0 aromatic heterocycles. The van der Waals surface area contributed by atoms with Gasteiger partial charge in [-0.25, -0.2) is 0 Å². The molecule has 2 rings (SSSR count). The second-order valence-corrected chi connectivity index (χ2v) is 5.94. The van der Waals surface area contributed by atoms with Crippen molar-refractivity contribution < 1.29 is 4.74 Å². The first-order valence-electron chi connectivity index (χ1n) is 7.06. The van der Waals surface area contributed by atoms with Crippen molar-refractivity contribution in [2.75, 3.05) is 13.1 Å². The Morgan fingerprint density at radius 2 is 2.19 bits per heavy atom. The molecule has 0 aromatic rings. The van der Waals surface area contributed by atoms with Gasteiger partial charge < -0.3 is 10.1 Å². The summed E-state index contributed by atoms with van der Waals surface area (Å²) in [6.07, 6.45) is 6.94. The van der Waals surface area contributed by atoms with Gasteiger partial charge in [0.2, 0.25) is 0 Å². The van der Waals surface area contributed by atoms with Crippen molar-refractivity contribution in [1.82, 2.24) is 5.32 Å². The molecule has 1 saturated carbocycles. The quantitative estimate of drug-likeness (QED) is 0.780. The van der Waals surface area contributed by atoms with Gasteiger partial charge in [-0.3, -0.25) is 0 Å². The fourth-order valence-electron chi connectivity index (χ4n) is 3.63. The second kappa shape index (κ2) is 5.05. The Morgan fingerprint density at radius 3 is 2.88 bits per heavy atom. The van der Waals surface area contributed by atoms with Gasteiger partial charge in [0.25, 0.3) is 0 Å². The molecule has 3 atom stereocenters. The van der Waals surface area contributed by atoms with Crippen LogP contribution in [0.5, 0.6) is 0 Å². The molecule has 2 aliphatic rings. The Kier molecular flexibility index (Phi) is 3.91. The van der Waals surface area contributed by atoms with Gasteiger partial charge in [-0.2, -0.15) is 0 Å². The molecule has 0 amide bonds. The Bertz CT molecular complexity index is 225. The maximum atomic E-state index is 6.48. The number of rotatable bonds is 2. The molecule has 1 aliphatic carbocycles. The summed E-state index contributed by atoms with van der Waals surface area (Å²) in [6, 6.07) is 0. The first-order chi connectivity index (χ1) is 7.68. The Labute approximate surface area is 100 Å². The van der Waals surface area contributed by atoms with Crippen LogP contribution in [0.15, 0.2) is 0 Å². The predicted octanol–water partition coefficient (Wildman–Crippen LogP) is 2.97. The van der Waals surface area contributed by atoms with Crippen molar-refractivity contribution in [3.63, 3.8) is 0 Å². The van der Waals surface area contributed by atoms with Gasteiger partial charge in [0.15, 0.2) is 0 Å². The summed E-state index contributed by atoms with van der Waals surface area (Å²) in [5.74, 6) is 1.50. The topological polar surface area (TPSA) is 21.3 Å². The maximum Gasteiger partial charge on any atom is 0.0841 e. The number of morpholine rings is 1. The van der Waals surface area contributed by atoms with E-state index in [-0.39, 0.29) is 5.60 Å². The van der Waals surface area contributed by atoms with Gasteiger partial charge in [0.1, 0.15) is 0 Å². The molecule has 16 heavy (non-hydrogen) atoms. The van der Waals surface area contributed by atoms with Crippen LogP contribution in [-0.4, -0.2) is 24.8 Å². The molecular weight excluding hydrogens is 198 g/mol. The molecule has 0 bridgehead atoms. The predicted molar refractivity (Wildman–Crippen MR) is 67.6 cm³/mol. The van der Waals surface area contributed by atoms with Crippen molar-refractivity contribution in [1.29, 1.82) is 0 Å². The van der Waals surface area contributed by atoms with E-state index in [2.05, 4.69) is 26.1 Å². The summed E-state index contributed by atoms with van der Waals surface area (Å²) < 4.78 is 6.48. The van der Waals surface area contributed by atoms with Gasteiger partial charge >= 0.3 is 0 Å². The lowest BCUT2D eigenvalue weighted by molar-refractivity contribution is -0.172.